The Kier molecular flexibility index (Phi) is 10.2. The lowest BCUT2D eigenvalue weighted by atomic mass is 9.95. The van der Waals surface area contributed by atoms with Gasteiger partial charge in [-0.25, -0.2) is 0 Å². The number of aldehydes is 1. The van der Waals surface area contributed by atoms with Gasteiger partial charge < -0.3 is 14.0 Å². The molecular weight excluding hydrogens is 352 g/mol. The first-order chi connectivity index (χ1) is 12.2. The SMILES string of the molecule is C/C=C(\C)[C@H](O[Si](C)(C)C(C)(C)C)[C@H](C)/C=C(C)/C=C/CC(C)(C=O)OC. The highest BCUT2D eigenvalue weighted by Gasteiger charge is 2.40. The fourth-order valence-electron chi connectivity index (χ4n) is 2.49. The van der Waals surface area contributed by atoms with Crippen LogP contribution >= 0.6 is 0 Å². The second-order valence-corrected chi connectivity index (χ2v) is 14.1. The summed E-state index contributed by atoms with van der Waals surface area (Å²) in [6.45, 7) is 21.8. The zero-order valence-electron chi connectivity index (χ0n) is 19.5. The molecule has 0 rings (SSSR count). The van der Waals surface area contributed by atoms with Crippen molar-refractivity contribution in [1.29, 1.82) is 0 Å². The number of carbonyl (C=O) groups is 1. The monoisotopic (exact) mass is 394 g/mol. The topological polar surface area (TPSA) is 35.5 Å². The smallest absolute Gasteiger partial charge is 0.192 e. The Labute approximate surface area is 169 Å². The Balaban J connectivity index is 5.38. The average Bonchev–Trinajstić information content (AvgIpc) is 2.57. The molecule has 0 aliphatic carbocycles. The Morgan fingerprint density at radius 3 is 2.11 bits per heavy atom. The van der Waals surface area contributed by atoms with Gasteiger partial charge in [-0.2, -0.15) is 0 Å². The van der Waals surface area contributed by atoms with E-state index in [-0.39, 0.29) is 17.1 Å². The number of ether oxygens (including phenoxy) is 1. The van der Waals surface area contributed by atoms with Crippen LogP contribution in [0.1, 0.15) is 61.8 Å². The maximum Gasteiger partial charge on any atom is 0.192 e. The molecule has 1 unspecified atom stereocenters. The lowest BCUT2D eigenvalue weighted by molar-refractivity contribution is -0.125. The molecule has 0 aromatic heterocycles. The van der Waals surface area contributed by atoms with E-state index < -0.39 is 13.9 Å². The number of methoxy groups -OCH3 is 1. The van der Waals surface area contributed by atoms with Crippen LogP contribution in [0.2, 0.25) is 18.1 Å². The summed E-state index contributed by atoms with van der Waals surface area (Å²) >= 11 is 0. The molecule has 0 aliphatic heterocycles. The van der Waals surface area contributed by atoms with E-state index in [1.165, 1.54) is 11.1 Å². The van der Waals surface area contributed by atoms with Gasteiger partial charge in [0.2, 0.25) is 0 Å². The predicted molar refractivity (Wildman–Crippen MR) is 120 cm³/mol. The van der Waals surface area contributed by atoms with Crippen molar-refractivity contribution in [1.82, 2.24) is 0 Å². The van der Waals surface area contributed by atoms with Crippen LogP contribution in [-0.4, -0.2) is 33.4 Å². The van der Waals surface area contributed by atoms with Gasteiger partial charge in [0.15, 0.2) is 14.6 Å². The fourth-order valence-corrected chi connectivity index (χ4v) is 3.88. The maximum atomic E-state index is 11.1. The molecule has 3 atom stereocenters. The van der Waals surface area contributed by atoms with E-state index in [1.807, 2.05) is 6.08 Å². The molecule has 3 nitrogen and oxygen atoms in total. The zero-order valence-corrected chi connectivity index (χ0v) is 20.5. The lowest BCUT2D eigenvalue weighted by Gasteiger charge is -2.41. The molecule has 0 saturated carbocycles. The van der Waals surface area contributed by atoms with Crippen LogP contribution < -0.4 is 0 Å². The van der Waals surface area contributed by atoms with E-state index >= 15 is 0 Å². The molecule has 156 valence electrons. The van der Waals surface area contributed by atoms with Crippen molar-refractivity contribution in [2.24, 2.45) is 5.92 Å². The molecule has 0 fully saturated rings. The predicted octanol–water partition coefficient (Wildman–Crippen LogP) is 6.48. The zero-order chi connectivity index (χ0) is 21.5. The molecular formula is C23H42O3Si. The Morgan fingerprint density at radius 1 is 1.15 bits per heavy atom. The molecule has 0 spiro atoms. The van der Waals surface area contributed by atoms with Crippen molar-refractivity contribution >= 4 is 14.6 Å². The number of carbonyl (C=O) groups excluding carboxylic acids is 1. The molecule has 0 aliphatic rings. The molecule has 27 heavy (non-hydrogen) atoms. The quantitative estimate of drug-likeness (QED) is 0.184. The van der Waals surface area contributed by atoms with Gasteiger partial charge in [-0.1, -0.05) is 57.6 Å². The third kappa shape index (κ3) is 8.28. The molecule has 0 heterocycles. The summed E-state index contributed by atoms with van der Waals surface area (Å²) in [6, 6.07) is 0. The van der Waals surface area contributed by atoms with Crippen LogP contribution in [-0.2, 0) is 14.0 Å². The van der Waals surface area contributed by atoms with Crippen molar-refractivity contribution in [2.75, 3.05) is 7.11 Å². The summed E-state index contributed by atoms with van der Waals surface area (Å²) in [5.74, 6) is 0.264. The van der Waals surface area contributed by atoms with E-state index in [1.54, 1.807) is 14.0 Å². The second kappa shape index (κ2) is 10.5. The third-order valence-corrected chi connectivity index (χ3v) is 10.2. The third-order valence-electron chi connectivity index (χ3n) is 5.75. The minimum atomic E-state index is -1.86. The van der Waals surface area contributed by atoms with Crippen molar-refractivity contribution in [3.05, 3.63) is 35.5 Å². The summed E-state index contributed by atoms with van der Waals surface area (Å²) in [5, 5.41) is 0.178. The first-order valence-electron chi connectivity index (χ1n) is 9.90. The molecule has 0 N–H and O–H groups in total. The van der Waals surface area contributed by atoms with Gasteiger partial charge in [-0.05, 0) is 51.4 Å². The van der Waals surface area contributed by atoms with Gasteiger partial charge in [0, 0.05) is 19.4 Å². The van der Waals surface area contributed by atoms with Crippen LogP contribution in [0.5, 0.6) is 0 Å². The Hall–Kier alpha value is -0.973. The van der Waals surface area contributed by atoms with Crippen molar-refractivity contribution in [3.8, 4) is 0 Å². The van der Waals surface area contributed by atoms with Crippen LogP contribution in [0.15, 0.2) is 35.5 Å². The van der Waals surface area contributed by atoms with Gasteiger partial charge in [0.05, 0.1) is 6.10 Å². The highest BCUT2D eigenvalue weighted by molar-refractivity contribution is 6.74. The summed E-state index contributed by atoms with van der Waals surface area (Å²) in [7, 11) is -0.299. The number of allylic oxidation sites excluding steroid dienone is 3. The summed E-state index contributed by atoms with van der Waals surface area (Å²) in [5.41, 5.74) is 1.69. The van der Waals surface area contributed by atoms with Gasteiger partial charge in [0.25, 0.3) is 0 Å². The van der Waals surface area contributed by atoms with E-state index in [0.717, 1.165) is 6.29 Å². The van der Waals surface area contributed by atoms with Crippen molar-refractivity contribution < 1.29 is 14.0 Å². The summed E-state index contributed by atoms with van der Waals surface area (Å²) in [4.78, 5) is 11.1. The van der Waals surface area contributed by atoms with Crippen molar-refractivity contribution in [2.45, 2.75) is 91.6 Å². The van der Waals surface area contributed by atoms with Crippen LogP contribution in [0.25, 0.3) is 0 Å². The standard InChI is InChI=1S/C23H42O3Si/c1-12-19(3)21(26-27(10,11)22(5,6)7)20(4)16-18(2)14-13-15-23(8,17-24)25-9/h12-14,16-17,20-21H,15H2,1-11H3/b14-13+,18-16+,19-12+/t20-,21+,23?/m1/s1. The van der Waals surface area contributed by atoms with E-state index in [0.29, 0.717) is 6.42 Å². The lowest BCUT2D eigenvalue weighted by Crippen LogP contribution is -2.45. The largest absolute Gasteiger partial charge is 0.410 e. The van der Waals surface area contributed by atoms with E-state index in [9.17, 15) is 4.79 Å². The molecule has 0 radical (unpaired) electrons. The average molecular weight is 395 g/mol. The highest BCUT2D eigenvalue weighted by Crippen LogP contribution is 2.39. The molecule has 0 aromatic rings. The van der Waals surface area contributed by atoms with E-state index in [4.69, 9.17) is 9.16 Å². The van der Waals surface area contributed by atoms with Gasteiger partial charge in [-0.15, -0.1) is 0 Å². The van der Waals surface area contributed by atoms with Crippen molar-refractivity contribution in [3.63, 3.8) is 0 Å². The first kappa shape index (κ1) is 26.0. The summed E-state index contributed by atoms with van der Waals surface area (Å²) in [6.07, 6.45) is 9.97. The first-order valence-corrected chi connectivity index (χ1v) is 12.8. The summed E-state index contributed by atoms with van der Waals surface area (Å²) < 4.78 is 12.0. The molecule has 0 amide bonds. The number of rotatable bonds is 10. The molecule has 0 aromatic carbocycles. The fraction of sp³-hybridized carbons (Fsp3) is 0.696. The van der Waals surface area contributed by atoms with Gasteiger partial charge >= 0.3 is 0 Å². The minimum Gasteiger partial charge on any atom is -0.410 e. The highest BCUT2D eigenvalue weighted by atomic mass is 28.4. The van der Waals surface area contributed by atoms with E-state index in [2.05, 4.69) is 79.8 Å². The molecule has 0 bridgehead atoms. The van der Waals surface area contributed by atoms with Gasteiger partial charge in [-0.3, -0.25) is 0 Å². The second-order valence-electron chi connectivity index (χ2n) is 9.34. The normalized spacial score (nSPS) is 19.1. The number of hydrogen-bond acceptors (Lipinski definition) is 3. The van der Waals surface area contributed by atoms with Crippen LogP contribution in [0, 0.1) is 5.92 Å². The van der Waals surface area contributed by atoms with Gasteiger partial charge in [0.1, 0.15) is 5.60 Å². The minimum absolute atomic E-state index is 0.0819. The molecule has 0 saturated heterocycles. The number of hydrogen-bond donors (Lipinski definition) is 0. The molecule has 4 heteroatoms. The van der Waals surface area contributed by atoms with Crippen LogP contribution in [0.3, 0.4) is 0 Å². The Bertz CT molecular complexity index is 567. The maximum absolute atomic E-state index is 11.1. The Morgan fingerprint density at radius 2 is 1.70 bits per heavy atom. The van der Waals surface area contributed by atoms with Crippen LogP contribution in [0.4, 0.5) is 0 Å².